The first-order valence-electron chi connectivity index (χ1n) is 11.2. The van der Waals surface area contributed by atoms with E-state index < -0.39 is 22.8 Å². The third kappa shape index (κ3) is 5.03. The van der Waals surface area contributed by atoms with Crippen molar-refractivity contribution in [2.75, 3.05) is 13.1 Å². The highest BCUT2D eigenvalue weighted by atomic mass is 79.9. The van der Waals surface area contributed by atoms with E-state index in [9.17, 15) is 9.59 Å². The molecule has 0 radical (unpaired) electrons. The molecule has 1 aliphatic carbocycles. The lowest BCUT2D eigenvalue weighted by Crippen LogP contribution is -2.69. The third-order valence-electron chi connectivity index (χ3n) is 5.71. The van der Waals surface area contributed by atoms with Crippen LogP contribution < -0.4 is 5.32 Å². The van der Waals surface area contributed by atoms with E-state index in [2.05, 4.69) is 51.6 Å². The number of fused-ring (bicyclic) bond motifs is 3. The van der Waals surface area contributed by atoms with Crippen molar-refractivity contribution >= 4 is 28.1 Å². The highest BCUT2D eigenvalue weighted by Gasteiger charge is 2.50. The molecule has 0 atom stereocenters. The first-order chi connectivity index (χ1) is 15.2. The van der Waals surface area contributed by atoms with Crippen LogP contribution in [0.4, 0.5) is 9.59 Å². The predicted molar refractivity (Wildman–Crippen MR) is 131 cm³/mol. The molecule has 2 aromatic rings. The number of likely N-dealkylation sites (tertiary alicyclic amines) is 1. The standard InChI is InChI=1S/C26H31BrN2O4/c1-24(2,3)32-22(30)28-26(14-29(15-26)23(31)33-25(4,5)6)18-7-9-20-16(12-18)11-17-13-19(27)8-10-21(17)20/h7-10,12-13H,11,14-15H2,1-6H3,(H,28,30). The van der Waals surface area contributed by atoms with Crippen LogP contribution in [0.15, 0.2) is 40.9 Å². The lowest BCUT2D eigenvalue weighted by atomic mass is 9.81. The molecule has 1 fully saturated rings. The van der Waals surface area contributed by atoms with Gasteiger partial charge >= 0.3 is 12.2 Å². The Morgan fingerprint density at radius 2 is 1.48 bits per heavy atom. The summed E-state index contributed by atoms with van der Waals surface area (Å²) in [6.45, 7) is 11.7. The molecule has 7 heteroatoms. The fraction of sp³-hybridized carbons (Fsp3) is 0.462. The molecular weight excluding hydrogens is 484 g/mol. The van der Waals surface area contributed by atoms with E-state index in [0.29, 0.717) is 13.1 Å². The number of ether oxygens (including phenoxy) is 2. The Morgan fingerprint density at radius 3 is 2.09 bits per heavy atom. The monoisotopic (exact) mass is 514 g/mol. The molecule has 1 aliphatic heterocycles. The van der Waals surface area contributed by atoms with E-state index in [0.717, 1.165) is 16.5 Å². The van der Waals surface area contributed by atoms with Gasteiger partial charge in [0.15, 0.2) is 0 Å². The number of rotatable bonds is 2. The van der Waals surface area contributed by atoms with Crippen LogP contribution in [-0.2, 0) is 21.4 Å². The van der Waals surface area contributed by atoms with Gasteiger partial charge in [-0.15, -0.1) is 0 Å². The Balaban J connectivity index is 1.61. The fourth-order valence-corrected chi connectivity index (χ4v) is 4.78. The van der Waals surface area contributed by atoms with Gasteiger partial charge in [-0.1, -0.05) is 40.2 Å². The number of benzene rings is 2. The van der Waals surface area contributed by atoms with Gasteiger partial charge in [0.05, 0.1) is 13.1 Å². The summed E-state index contributed by atoms with van der Waals surface area (Å²) in [5, 5.41) is 3.05. The smallest absolute Gasteiger partial charge is 0.410 e. The second kappa shape index (κ2) is 8.05. The Hall–Kier alpha value is -2.54. The average molecular weight is 515 g/mol. The highest BCUT2D eigenvalue weighted by Crippen LogP contribution is 2.41. The lowest BCUT2D eigenvalue weighted by molar-refractivity contribution is -0.0230. The maximum atomic E-state index is 12.7. The minimum atomic E-state index is -0.733. The fourth-order valence-electron chi connectivity index (χ4n) is 4.37. The first-order valence-corrected chi connectivity index (χ1v) is 12.0. The highest BCUT2D eigenvalue weighted by molar-refractivity contribution is 9.10. The average Bonchev–Trinajstić information content (AvgIpc) is 2.97. The van der Waals surface area contributed by atoms with Gasteiger partial charge in [-0.05, 0) is 87.9 Å². The zero-order chi connectivity index (χ0) is 24.2. The van der Waals surface area contributed by atoms with Gasteiger partial charge in [-0.3, -0.25) is 0 Å². The molecule has 0 aromatic heterocycles. The number of hydrogen-bond donors (Lipinski definition) is 1. The summed E-state index contributed by atoms with van der Waals surface area (Å²) in [7, 11) is 0. The first kappa shape index (κ1) is 23.6. The van der Waals surface area contributed by atoms with Crippen LogP contribution >= 0.6 is 15.9 Å². The summed E-state index contributed by atoms with van der Waals surface area (Å²) in [5.74, 6) is 0. The third-order valence-corrected chi connectivity index (χ3v) is 6.20. The number of carbonyl (C=O) groups is 2. The Morgan fingerprint density at radius 1 is 0.909 bits per heavy atom. The van der Waals surface area contributed by atoms with Crippen molar-refractivity contribution < 1.29 is 19.1 Å². The number of hydrogen-bond acceptors (Lipinski definition) is 4. The summed E-state index contributed by atoms with van der Waals surface area (Å²) in [4.78, 5) is 26.9. The van der Waals surface area contributed by atoms with E-state index in [1.807, 2.05) is 47.6 Å². The zero-order valence-electron chi connectivity index (χ0n) is 20.0. The molecule has 1 saturated heterocycles. The molecule has 0 saturated carbocycles. The van der Waals surface area contributed by atoms with E-state index in [-0.39, 0.29) is 6.09 Å². The number of alkyl carbamates (subject to hydrolysis) is 1. The van der Waals surface area contributed by atoms with Gasteiger partial charge in [0.25, 0.3) is 0 Å². The molecule has 176 valence electrons. The molecule has 2 aromatic carbocycles. The van der Waals surface area contributed by atoms with Crippen molar-refractivity contribution in [2.24, 2.45) is 0 Å². The molecule has 1 heterocycles. The van der Waals surface area contributed by atoms with E-state index in [1.54, 1.807) is 4.90 Å². The number of halogens is 1. The van der Waals surface area contributed by atoms with Gasteiger partial charge in [-0.25, -0.2) is 9.59 Å². The zero-order valence-corrected chi connectivity index (χ0v) is 21.6. The molecule has 0 unspecified atom stereocenters. The number of nitrogens with one attached hydrogen (secondary N) is 1. The summed E-state index contributed by atoms with van der Waals surface area (Å²) in [5.41, 5.74) is 3.95. The molecular formula is C26H31BrN2O4. The Bertz CT molecular complexity index is 1110. The van der Waals surface area contributed by atoms with Crippen LogP contribution in [0.3, 0.4) is 0 Å². The second-order valence-electron chi connectivity index (χ2n) is 10.9. The van der Waals surface area contributed by atoms with Gasteiger partial charge in [0.2, 0.25) is 0 Å². The van der Waals surface area contributed by atoms with Crippen molar-refractivity contribution in [1.29, 1.82) is 0 Å². The quantitative estimate of drug-likeness (QED) is 0.455. The van der Waals surface area contributed by atoms with Crippen LogP contribution in [0, 0.1) is 0 Å². The van der Waals surface area contributed by atoms with Crippen LogP contribution in [0.2, 0.25) is 0 Å². The minimum Gasteiger partial charge on any atom is -0.444 e. The molecule has 33 heavy (non-hydrogen) atoms. The van der Waals surface area contributed by atoms with Crippen molar-refractivity contribution in [1.82, 2.24) is 10.2 Å². The van der Waals surface area contributed by atoms with E-state index >= 15 is 0 Å². The maximum Gasteiger partial charge on any atom is 0.410 e. The van der Waals surface area contributed by atoms with Gasteiger partial charge in [0, 0.05) is 4.47 Å². The van der Waals surface area contributed by atoms with Crippen molar-refractivity contribution in [3.63, 3.8) is 0 Å². The molecule has 2 amide bonds. The summed E-state index contributed by atoms with van der Waals surface area (Å²) < 4.78 is 12.1. The van der Waals surface area contributed by atoms with Crippen LogP contribution in [0.1, 0.15) is 58.2 Å². The molecule has 0 bridgehead atoms. The molecule has 6 nitrogen and oxygen atoms in total. The van der Waals surface area contributed by atoms with Crippen molar-refractivity contribution in [2.45, 2.75) is 64.7 Å². The largest absolute Gasteiger partial charge is 0.444 e. The van der Waals surface area contributed by atoms with E-state index in [4.69, 9.17) is 9.47 Å². The van der Waals surface area contributed by atoms with Crippen molar-refractivity contribution in [3.05, 3.63) is 57.6 Å². The summed E-state index contributed by atoms with van der Waals surface area (Å²) in [6.07, 6.45) is -0.0578. The topological polar surface area (TPSA) is 67.9 Å². The van der Waals surface area contributed by atoms with Crippen LogP contribution in [0.5, 0.6) is 0 Å². The summed E-state index contributed by atoms with van der Waals surface area (Å²) >= 11 is 3.56. The van der Waals surface area contributed by atoms with Gasteiger partial charge in [0.1, 0.15) is 16.7 Å². The van der Waals surface area contributed by atoms with Gasteiger partial charge < -0.3 is 19.7 Å². The summed E-state index contributed by atoms with van der Waals surface area (Å²) in [6, 6.07) is 12.6. The number of nitrogens with zero attached hydrogens (tertiary/aromatic N) is 1. The SMILES string of the molecule is CC(C)(C)OC(=O)NC1(c2ccc3c(c2)Cc2cc(Br)ccc2-3)CN(C(=O)OC(C)(C)C)C1. The normalized spacial score (nSPS) is 16.4. The van der Waals surface area contributed by atoms with Gasteiger partial charge in [-0.2, -0.15) is 0 Å². The van der Waals surface area contributed by atoms with E-state index in [1.165, 1.54) is 22.3 Å². The minimum absolute atomic E-state index is 0.318. The maximum absolute atomic E-state index is 12.7. The second-order valence-corrected chi connectivity index (χ2v) is 11.8. The lowest BCUT2D eigenvalue weighted by Gasteiger charge is -2.50. The molecule has 0 spiro atoms. The van der Waals surface area contributed by atoms with Crippen LogP contribution in [-0.4, -0.2) is 41.4 Å². The molecule has 1 N–H and O–H groups in total. The Kier molecular flexibility index (Phi) is 5.76. The van der Waals surface area contributed by atoms with Crippen molar-refractivity contribution in [3.8, 4) is 11.1 Å². The molecule has 2 aliphatic rings. The molecule has 4 rings (SSSR count). The Labute approximate surface area is 203 Å². The number of carbonyl (C=O) groups excluding carboxylic acids is 2. The number of amides is 2. The van der Waals surface area contributed by atoms with Crippen LogP contribution in [0.25, 0.3) is 11.1 Å². The predicted octanol–water partition coefficient (Wildman–Crippen LogP) is 5.99.